The van der Waals surface area contributed by atoms with Gasteiger partial charge in [0.2, 0.25) is 0 Å². The number of rotatable bonds is 3. The third kappa shape index (κ3) is 4.60. The fourth-order valence-electron chi connectivity index (χ4n) is 3.43. The zero-order valence-electron chi connectivity index (χ0n) is 14.1. The van der Waals surface area contributed by atoms with Crippen LogP contribution < -0.4 is 10.6 Å². The highest BCUT2D eigenvalue weighted by Gasteiger charge is 2.13. The molecular formula is C18H29N5. The summed E-state index contributed by atoms with van der Waals surface area (Å²) in [7, 11) is 0. The van der Waals surface area contributed by atoms with E-state index in [0.29, 0.717) is 12.5 Å². The van der Waals surface area contributed by atoms with E-state index in [4.69, 9.17) is 5.73 Å². The van der Waals surface area contributed by atoms with Crippen LogP contribution in [0.25, 0.3) is 0 Å². The highest BCUT2D eigenvalue weighted by molar-refractivity contribution is 5.78. The summed E-state index contributed by atoms with van der Waals surface area (Å²) in [6, 6.07) is 4.23. The highest BCUT2D eigenvalue weighted by atomic mass is 15.3. The minimum Gasteiger partial charge on any atom is -0.370 e. The van der Waals surface area contributed by atoms with E-state index in [9.17, 15) is 0 Å². The van der Waals surface area contributed by atoms with E-state index in [1.807, 2.05) is 12.3 Å². The maximum atomic E-state index is 6.15. The summed E-state index contributed by atoms with van der Waals surface area (Å²) in [4.78, 5) is 13.8. The van der Waals surface area contributed by atoms with Gasteiger partial charge in [-0.05, 0) is 49.8 Å². The molecule has 0 atom stereocenters. The average Bonchev–Trinajstić information content (AvgIpc) is 2.90. The standard InChI is InChI=1S/C18H29N5/c19-18(23-12-6-3-7-13-23)21-15-16-8-9-20-17(14-16)22-10-4-1-2-5-11-22/h8-9,14H,1-7,10-13,15H2,(H2,19,21). The molecule has 5 heteroatoms. The molecule has 1 aromatic rings. The molecule has 2 saturated heterocycles. The molecule has 0 bridgehead atoms. The average molecular weight is 315 g/mol. The lowest BCUT2D eigenvalue weighted by Gasteiger charge is -2.27. The van der Waals surface area contributed by atoms with Crippen LogP contribution in [0.15, 0.2) is 23.3 Å². The van der Waals surface area contributed by atoms with Gasteiger partial charge in [0.25, 0.3) is 0 Å². The Hall–Kier alpha value is -1.78. The number of hydrogen-bond donors (Lipinski definition) is 1. The van der Waals surface area contributed by atoms with E-state index >= 15 is 0 Å². The van der Waals surface area contributed by atoms with Crippen LogP contribution in [-0.2, 0) is 6.54 Å². The summed E-state index contributed by atoms with van der Waals surface area (Å²) in [5.74, 6) is 1.79. The van der Waals surface area contributed by atoms with Crippen molar-refractivity contribution in [3.63, 3.8) is 0 Å². The second-order valence-electron chi connectivity index (χ2n) is 6.65. The minimum atomic E-state index is 0.645. The molecule has 1 aromatic heterocycles. The molecule has 0 unspecified atom stereocenters. The fraction of sp³-hybridized carbons (Fsp3) is 0.667. The Kier molecular flexibility index (Phi) is 5.72. The van der Waals surface area contributed by atoms with Crippen molar-refractivity contribution in [1.82, 2.24) is 9.88 Å². The second kappa shape index (κ2) is 8.18. The van der Waals surface area contributed by atoms with Crippen molar-refractivity contribution in [3.05, 3.63) is 23.9 Å². The number of pyridine rings is 1. The Morgan fingerprint density at radius 2 is 1.65 bits per heavy atom. The first-order chi connectivity index (χ1) is 11.3. The summed E-state index contributed by atoms with van der Waals surface area (Å²) >= 11 is 0. The molecule has 0 aromatic carbocycles. The molecule has 2 aliphatic heterocycles. The first-order valence-corrected chi connectivity index (χ1v) is 9.08. The third-order valence-corrected chi connectivity index (χ3v) is 4.84. The second-order valence-corrected chi connectivity index (χ2v) is 6.65. The molecule has 0 saturated carbocycles. The summed E-state index contributed by atoms with van der Waals surface area (Å²) in [6.45, 7) is 4.98. The number of hydrogen-bond acceptors (Lipinski definition) is 3. The van der Waals surface area contributed by atoms with Gasteiger partial charge in [0.1, 0.15) is 5.82 Å². The van der Waals surface area contributed by atoms with Gasteiger partial charge in [0, 0.05) is 32.4 Å². The molecule has 2 N–H and O–H groups in total. The lowest BCUT2D eigenvalue weighted by molar-refractivity contribution is 0.338. The Bertz CT molecular complexity index is 514. The summed E-state index contributed by atoms with van der Waals surface area (Å²) < 4.78 is 0. The van der Waals surface area contributed by atoms with E-state index in [1.54, 1.807) is 0 Å². The Labute approximate surface area is 139 Å². The predicted molar refractivity (Wildman–Crippen MR) is 95.7 cm³/mol. The molecule has 3 heterocycles. The van der Waals surface area contributed by atoms with Crippen LogP contribution in [0, 0.1) is 0 Å². The number of anilines is 1. The largest absolute Gasteiger partial charge is 0.370 e. The molecule has 23 heavy (non-hydrogen) atoms. The topological polar surface area (TPSA) is 57.8 Å². The van der Waals surface area contributed by atoms with Crippen LogP contribution in [0.5, 0.6) is 0 Å². The van der Waals surface area contributed by atoms with Crippen LogP contribution >= 0.6 is 0 Å². The summed E-state index contributed by atoms with van der Waals surface area (Å²) in [6.07, 6.45) is 10.9. The molecule has 0 aliphatic carbocycles. The normalized spacial score (nSPS) is 20.4. The van der Waals surface area contributed by atoms with Crippen molar-refractivity contribution in [2.24, 2.45) is 10.7 Å². The van der Waals surface area contributed by atoms with Crippen molar-refractivity contribution >= 4 is 11.8 Å². The highest BCUT2D eigenvalue weighted by Crippen LogP contribution is 2.18. The van der Waals surface area contributed by atoms with Crippen molar-refractivity contribution < 1.29 is 0 Å². The van der Waals surface area contributed by atoms with Gasteiger partial charge in [0.05, 0.1) is 6.54 Å². The molecule has 3 rings (SSSR count). The number of nitrogens with zero attached hydrogens (tertiary/aromatic N) is 4. The first kappa shape index (κ1) is 16.1. The van der Waals surface area contributed by atoms with E-state index < -0.39 is 0 Å². The van der Waals surface area contributed by atoms with Crippen LogP contribution in [0.2, 0.25) is 0 Å². The zero-order chi connectivity index (χ0) is 15.9. The minimum absolute atomic E-state index is 0.645. The van der Waals surface area contributed by atoms with E-state index in [-0.39, 0.29) is 0 Å². The third-order valence-electron chi connectivity index (χ3n) is 4.84. The van der Waals surface area contributed by atoms with E-state index in [1.165, 1.54) is 50.5 Å². The number of aromatic nitrogens is 1. The molecule has 126 valence electrons. The van der Waals surface area contributed by atoms with Gasteiger partial charge in [-0.2, -0.15) is 0 Å². The van der Waals surface area contributed by atoms with Gasteiger partial charge >= 0.3 is 0 Å². The van der Waals surface area contributed by atoms with Gasteiger partial charge in [-0.1, -0.05) is 12.8 Å². The summed E-state index contributed by atoms with van der Waals surface area (Å²) in [5, 5.41) is 0. The maximum Gasteiger partial charge on any atom is 0.191 e. The lowest BCUT2D eigenvalue weighted by atomic mass is 10.1. The van der Waals surface area contributed by atoms with Gasteiger partial charge in [-0.25, -0.2) is 9.98 Å². The van der Waals surface area contributed by atoms with Gasteiger partial charge in [0.15, 0.2) is 5.96 Å². The van der Waals surface area contributed by atoms with Crippen LogP contribution in [-0.4, -0.2) is 42.0 Å². The van der Waals surface area contributed by atoms with E-state index in [2.05, 4.69) is 25.8 Å². The van der Waals surface area contributed by atoms with Crippen LogP contribution in [0.1, 0.15) is 50.5 Å². The molecule has 0 amide bonds. The van der Waals surface area contributed by atoms with Gasteiger partial charge in [-0.15, -0.1) is 0 Å². The van der Waals surface area contributed by atoms with Crippen LogP contribution in [0.3, 0.4) is 0 Å². The number of aliphatic imine (C=N–C) groups is 1. The molecule has 5 nitrogen and oxygen atoms in total. The lowest BCUT2D eigenvalue weighted by Crippen LogP contribution is -2.40. The van der Waals surface area contributed by atoms with Gasteiger partial charge < -0.3 is 15.5 Å². The predicted octanol–water partition coefficient (Wildman–Crippen LogP) is 2.76. The van der Waals surface area contributed by atoms with Crippen molar-refractivity contribution in [2.45, 2.75) is 51.5 Å². The molecule has 0 radical (unpaired) electrons. The van der Waals surface area contributed by atoms with Crippen LogP contribution in [0.4, 0.5) is 5.82 Å². The SMILES string of the molecule is NC(=NCc1ccnc(N2CCCCCC2)c1)N1CCCCC1. The zero-order valence-corrected chi connectivity index (χ0v) is 14.1. The monoisotopic (exact) mass is 315 g/mol. The molecule has 2 aliphatic rings. The fourth-order valence-corrected chi connectivity index (χ4v) is 3.43. The molecular weight excluding hydrogens is 286 g/mol. The number of likely N-dealkylation sites (tertiary alicyclic amines) is 1. The Balaban J connectivity index is 1.62. The van der Waals surface area contributed by atoms with E-state index in [0.717, 1.165) is 32.0 Å². The van der Waals surface area contributed by atoms with Crippen molar-refractivity contribution in [2.75, 3.05) is 31.1 Å². The molecule has 0 spiro atoms. The Morgan fingerprint density at radius 1 is 1.00 bits per heavy atom. The van der Waals surface area contributed by atoms with Crippen molar-refractivity contribution in [1.29, 1.82) is 0 Å². The quantitative estimate of drug-likeness (QED) is 0.688. The summed E-state index contributed by atoms with van der Waals surface area (Å²) in [5.41, 5.74) is 7.34. The number of piperidine rings is 1. The molecule has 2 fully saturated rings. The number of guanidine groups is 1. The first-order valence-electron chi connectivity index (χ1n) is 9.08. The smallest absolute Gasteiger partial charge is 0.191 e. The number of nitrogens with two attached hydrogens (primary N) is 1. The van der Waals surface area contributed by atoms with Gasteiger partial charge in [-0.3, -0.25) is 0 Å². The maximum absolute atomic E-state index is 6.15. The Morgan fingerprint density at radius 3 is 2.39 bits per heavy atom. The van der Waals surface area contributed by atoms with Crippen molar-refractivity contribution in [3.8, 4) is 0 Å².